The second-order valence-electron chi connectivity index (χ2n) is 7.87. The van der Waals surface area contributed by atoms with E-state index in [2.05, 4.69) is 37.0 Å². The van der Waals surface area contributed by atoms with Crippen molar-refractivity contribution in [2.45, 2.75) is 32.8 Å². The molecule has 0 spiro atoms. The third-order valence-electron chi connectivity index (χ3n) is 5.51. The van der Waals surface area contributed by atoms with E-state index in [4.69, 9.17) is 9.72 Å². The van der Waals surface area contributed by atoms with Crippen LogP contribution in [0.15, 0.2) is 79.5 Å². The van der Waals surface area contributed by atoms with Gasteiger partial charge in [0.25, 0.3) is 5.56 Å². The van der Waals surface area contributed by atoms with Crippen LogP contribution < -0.4 is 10.3 Å². The van der Waals surface area contributed by atoms with Crippen LogP contribution in [-0.2, 0) is 6.61 Å². The molecule has 0 aliphatic heterocycles. The lowest BCUT2D eigenvalue weighted by molar-refractivity contribution is 0.298. The predicted octanol–water partition coefficient (Wildman–Crippen LogP) is 7.04. The van der Waals surface area contributed by atoms with E-state index in [1.807, 2.05) is 38.1 Å². The van der Waals surface area contributed by atoms with Crippen molar-refractivity contribution in [2.24, 2.45) is 5.10 Å². The van der Waals surface area contributed by atoms with E-state index >= 15 is 0 Å². The summed E-state index contributed by atoms with van der Waals surface area (Å²) in [4.78, 5) is 18.0. The first kappa shape index (κ1) is 24.3. The second kappa shape index (κ2) is 10.6. The number of nitrogens with zero attached hydrogens (tertiary/aromatic N) is 3. The van der Waals surface area contributed by atoms with E-state index in [0.717, 1.165) is 16.5 Å². The van der Waals surface area contributed by atoms with Crippen LogP contribution in [-0.4, -0.2) is 15.9 Å². The van der Waals surface area contributed by atoms with Crippen LogP contribution >= 0.6 is 31.9 Å². The van der Waals surface area contributed by atoms with Gasteiger partial charge in [0.05, 0.1) is 21.6 Å². The predicted molar refractivity (Wildman–Crippen MR) is 140 cm³/mol. The molecule has 0 aliphatic rings. The molecule has 0 N–H and O–H groups in total. The van der Waals surface area contributed by atoms with Crippen LogP contribution in [0.1, 0.15) is 43.1 Å². The highest BCUT2D eigenvalue weighted by Gasteiger charge is 2.15. The van der Waals surface area contributed by atoms with Crippen molar-refractivity contribution >= 4 is 49.0 Å². The van der Waals surface area contributed by atoms with Crippen LogP contribution in [0.4, 0.5) is 4.39 Å². The summed E-state index contributed by atoms with van der Waals surface area (Å²) in [5, 5.41) is 4.99. The fourth-order valence-corrected chi connectivity index (χ4v) is 4.26. The molecule has 4 rings (SSSR count). The van der Waals surface area contributed by atoms with Crippen molar-refractivity contribution in [3.8, 4) is 5.75 Å². The average molecular weight is 587 g/mol. The highest BCUT2D eigenvalue weighted by atomic mass is 79.9. The molecule has 34 heavy (non-hydrogen) atoms. The number of rotatable bonds is 7. The van der Waals surface area contributed by atoms with Gasteiger partial charge >= 0.3 is 0 Å². The second-order valence-corrected chi connectivity index (χ2v) is 9.64. The summed E-state index contributed by atoms with van der Waals surface area (Å²) in [6.45, 7) is 4.19. The van der Waals surface area contributed by atoms with Crippen molar-refractivity contribution in [1.29, 1.82) is 0 Å². The largest absolute Gasteiger partial charge is 0.488 e. The van der Waals surface area contributed by atoms with Gasteiger partial charge in [0.1, 0.15) is 24.0 Å². The van der Waals surface area contributed by atoms with Crippen LogP contribution in [0.5, 0.6) is 5.75 Å². The van der Waals surface area contributed by atoms with Crippen LogP contribution in [0.3, 0.4) is 0 Å². The molecule has 1 atom stereocenters. The molecule has 174 valence electrons. The molecule has 0 aliphatic carbocycles. The zero-order valence-corrected chi connectivity index (χ0v) is 21.8. The SMILES string of the molecule is CC[C@H](C)c1nc2ccc(Br)cc2c(=O)n1N=Cc1ccc(OCc2ccccc2F)c(Br)c1. The number of fused-ring (bicyclic) bond motifs is 1. The molecule has 1 aromatic heterocycles. The fourth-order valence-electron chi connectivity index (χ4n) is 3.39. The molecule has 0 saturated carbocycles. The Kier molecular flexibility index (Phi) is 7.58. The van der Waals surface area contributed by atoms with E-state index in [-0.39, 0.29) is 23.9 Å². The van der Waals surface area contributed by atoms with Crippen molar-refractivity contribution in [2.75, 3.05) is 0 Å². The Balaban J connectivity index is 1.63. The van der Waals surface area contributed by atoms with Crippen LogP contribution in [0.2, 0.25) is 0 Å². The van der Waals surface area contributed by atoms with Gasteiger partial charge in [-0.15, -0.1) is 0 Å². The molecule has 0 bridgehead atoms. The summed E-state index contributed by atoms with van der Waals surface area (Å²) >= 11 is 6.92. The van der Waals surface area contributed by atoms with Gasteiger partial charge in [-0.05, 0) is 70.4 Å². The minimum atomic E-state index is -0.305. The van der Waals surface area contributed by atoms with Crippen LogP contribution in [0, 0.1) is 5.82 Å². The number of halogens is 3. The number of benzene rings is 3. The molecule has 3 aromatic carbocycles. The highest BCUT2D eigenvalue weighted by molar-refractivity contribution is 9.10. The fraction of sp³-hybridized carbons (Fsp3) is 0.192. The molecule has 5 nitrogen and oxygen atoms in total. The van der Waals surface area contributed by atoms with Gasteiger partial charge in [0, 0.05) is 16.0 Å². The Morgan fingerprint density at radius 3 is 2.68 bits per heavy atom. The number of hydrogen-bond donors (Lipinski definition) is 0. The number of ether oxygens (including phenoxy) is 1. The van der Waals surface area contributed by atoms with Gasteiger partial charge in [0.15, 0.2) is 0 Å². The lowest BCUT2D eigenvalue weighted by atomic mass is 10.1. The molecular formula is C26H22Br2FN3O2. The van der Waals surface area contributed by atoms with Gasteiger partial charge in [-0.25, -0.2) is 9.37 Å². The maximum absolute atomic E-state index is 13.8. The average Bonchev–Trinajstić information content (AvgIpc) is 2.83. The minimum absolute atomic E-state index is 0.0544. The molecule has 0 unspecified atom stereocenters. The van der Waals surface area contributed by atoms with Crippen molar-refractivity contribution in [3.05, 3.63) is 103 Å². The summed E-state index contributed by atoms with van der Waals surface area (Å²) < 4.78 is 22.5. The highest BCUT2D eigenvalue weighted by Crippen LogP contribution is 2.27. The van der Waals surface area contributed by atoms with Gasteiger partial charge in [-0.3, -0.25) is 4.79 Å². The normalized spacial score (nSPS) is 12.4. The summed E-state index contributed by atoms with van der Waals surface area (Å²) in [5.74, 6) is 0.942. The first-order chi connectivity index (χ1) is 16.4. The van der Waals surface area contributed by atoms with Gasteiger partial charge in [-0.2, -0.15) is 9.78 Å². The maximum atomic E-state index is 13.8. The van der Waals surface area contributed by atoms with Gasteiger partial charge in [-0.1, -0.05) is 48.0 Å². The third kappa shape index (κ3) is 5.28. The Bertz CT molecular complexity index is 1440. The van der Waals surface area contributed by atoms with Crippen molar-refractivity contribution < 1.29 is 9.13 Å². The Hall–Kier alpha value is -2.84. The quantitative estimate of drug-likeness (QED) is 0.218. The molecular weight excluding hydrogens is 565 g/mol. The smallest absolute Gasteiger partial charge is 0.282 e. The minimum Gasteiger partial charge on any atom is -0.488 e. The topological polar surface area (TPSA) is 56.5 Å². The summed E-state index contributed by atoms with van der Waals surface area (Å²) in [6, 6.07) is 17.4. The zero-order chi connectivity index (χ0) is 24.2. The Morgan fingerprint density at radius 1 is 1.15 bits per heavy atom. The summed E-state index contributed by atoms with van der Waals surface area (Å²) in [7, 11) is 0. The van der Waals surface area contributed by atoms with E-state index in [1.165, 1.54) is 10.7 Å². The Labute approximate surface area is 213 Å². The molecule has 1 heterocycles. The number of hydrogen-bond acceptors (Lipinski definition) is 4. The third-order valence-corrected chi connectivity index (χ3v) is 6.62. The molecule has 0 amide bonds. The standard InChI is InChI=1S/C26H22Br2FN3O2/c1-3-16(2)25-31-23-10-9-19(27)13-20(23)26(33)32(25)30-14-17-8-11-24(21(28)12-17)34-15-18-6-4-5-7-22(18)29/h4-14,16H,3,15H2,1-2H3/t16-/m0/s1. The molecule has 0 saturated heterocycles. The molecule has 8 heteroatoms. The van der Waals surface area contributed by atoms with E-state index in [0.29, 0.717) is 32.5 Å². The number of aromatic nitrogens is 2. The van der Waals surface area contributed by atoms with Crippen LogP contribution in [0.25, 0.3) is 10.9 Å². The lowest BCUT2D eigenvalue weighted by Gasteiger charge is -2.14. The maximum Gasteiger partial charge on any atom is 0.282 e. The lowest BCUT2D eigenvalue weighted by Crippen LogP contribution is -2.23. The van der Waals surface area contributed by atoms with E-state index in [1.54, 1.807) is 36.5 Å². The zero-order valence-electron chi connectivity index (χ0n) is 18.6. The monoisotopic (exact) mass is 585 g/mol. The van der Waals surface area contributed by atoms with E-state index < -0.39 is 0 Å². The van der Waals surface area contributed by atoms with E-state index in [9.17, 15) is 9.18 Å². The van der Waals surface area contributed by atoms with Crippen molar-refractivity contribution in [1.82, 2.24) is 9.66 Å². The first-order valence-electron chi connectivity index (χ1n) is 10.8. The van der Waals surface area contributed by atoms with Gasteiger partial charge < -0.3 is 4.74 Å². The van der Waals surface area contributed by atoms with Crippen molar-refractivity contribution in [3.63, 3.8) is 0 Å². The van der Waals surface area contributed by atoms with Gasteiger partial charge in [0.2, 0.25) is 0 Å². The summed E-state index contributed by atoms with van der Waals surface area (Å²) in [6.07, 6.45) is 2.44. The molecule has 4 aromatic rings. The molecule has 0 fully saturated rings. The first-order valence-corrected chi connectivity index (χ1v) is 12.4. The molecule has 0 radical (unpaired) electrons. The Morgan fingerprint density at radius 2 is 1.94 bits per heavy atom. The summed E-state index contributed by atoms with van der Waals surface area (Å²) in [5.41, 5.74) is 1.67.